The van der Waals surface area contributed by atoms with Crippen LogP contribution in [0.1, 0.15) is 23.9 Å². The molecule has 0 aromatic carbocycles. The number of aromatic nitrogens is 2. The SMILES string of the molecule is COC(=O)[C@@H](C)N1C(=O)S/C(=C/c2cc(C)n(-c3ccccn3)c2C)C1=O. The van der Waals surface area contributed by atoms with Crippen molar-refractivity contribution >= 4 is 35.0 Å². The van der Waals surface area contributed by atoms with Crippen molar-refractivity contribution in [2.45, 2.75) is 26.8 Å². The summed E-state index contributed by atoms with van der Waals surface area (Å²) in [5.41, 5.74) is 2.67. The standard InChI is InChI=1S/C19H19N3O4S/c1-11-9-14(12(2)21(11)16-7-5-6-8-20-16)10-15-17(23)22(19(25)27-15)13(3)18(24)26-4/h5-10,13H,1-4H3/b15-10+/t13-/m1/s1. The number of aryl methyl sites for hydroxylation is 1. The Hall–Kier alpha value is -2.87. The van der Waals surface area contributed by atoms with Gasteiger partial charge in [0.2, 0.25) is 0 Å². The van der Waals surface area contributed by atoms with E-state index in [2.05, 4.69) is 9.72 Å². The Morgan fingerprint density at radius 3 is 2.67 bits per heavy atom. The summed E-state index contributed by atoms with van der Waals surface area (Å²) in [4.78, 5) is 42.1. The Morgan fingerprint density at radius 1 is 1.30 bits per heavy atom. The van der Waals surface area contributed by atoms with Crippen LogP contribution in [0.4, 0.5) is 4.79 Å². The maximum atomic E-state index is 12.6. The van der Waals surface area contributed by atoms with Gasteiger partial charge in [-0.05, 0) is 62.4 Å². The van der Waals surface area contributed by atoms with E-state index in [0.29, 0.717) is 0 Å². The Balaban J connectivity index is 1.96. The van der Waals surface area contributed by atoms with Crippen LogP contribution in [0.2, 0.25) is 0 Å². The smallest absolute Gasteiger partial charge is 0.328 e. The molecule has 0 aliphatic carbocycles. The highest BCUT2D eigenvalue weighted by molar-refractivity contribution is 8.18. The minimum atomic E-state index is -0.964. The average molecular weight is 385 g/mol. The van der Waals surface area contributed by atoms with Gasteiger partial charge in [-0.15, -0.1) is 0 Å². The number of esters is 1. The molecule has 3 rings (SSSR count). The van der Waals surface area contributed by atoms with Crippen LogP contribution in [-0.2, 0) is 14.3 Å². The van der Waals surface area contributed by atoms with Crippen molar-refractivity contribution in [1.82, 2.24) is 14.5 Å². The first-order valence-electron chi connectivity index (χ1n) is 8.30. The number of hydrogen-bond acceptors (Lipinski definition) is 6. The molecule has 1 atom stereocenters. The fourth-order valence-corrected chi connectivity index (χ4v) is 3.90. The highest BCUT2D eigenvalue weighted by atomic mass is 32.2. The Morgan fingerprint density at radius 2 is 2.04 bits per heavy atom. The number of carbonyl (C=O) groups is 3. The van der Waals surface area contributed by atoms with Crippen molar-refractivity contribution in [3.8, 4) is 5.82 Å². The minimum absolute atomic E-state index is 0.275. The van der Waals surface area contributed by atoms with Gasteiger partial charge in [-0.2, -0.15) is 0 Å². The van der Waals surface area contributed by atoms with Gasteiger partial charge in [0.25, 0.3) is 11.1 Å². The fourth-order valence-electron chi connectivity index (χ4n) is 3.00. The number of methoxy groups -OCH3 is 1. The lowest BCUT2D eigenvalue weighted by atomic mass is 10.2. The van der Waals surface area contributed by atoms with E-state index in [4.69, 9.17) is 0 Å². The molecule has 27 heavy (non-hydrogen) atoms. The van der Waals surface area contributed by atoms with Gasteiger partial charge >= 0.3 is 5.97 Å². The first-order valence-corrected chi connectivity index (χ1v) is 9.12. The molecule has 7 nitrogen and oxygen atoms in total. The molecular weight excluding hydrogens is 366 g/mol. The molecule has 0 spiro atoms. The summed E-state index contributed by atoms with van der Waals surface area (Å²) >= 11 is 0.818. The maximum absolute atomic E-state index is 12.6. The van der Waals surface area contributed by atoms with Crippen LogP contribution in [0.5, 0.6) is 0 Å². The second kappa shape index (κ2) is 7.40. The number of thioether (sulfide) groups is 1. The second-order valence-corrected chi connectivity index (χ2v) is 7.09. The molecule has 0 bridgehead atoms. The van der Waals surface area contributed by atoms with Gasteiger partial charge in [0.05, 0.1) is 12.0 Å². The molecule has 8 heteroatoms. The summed E-state index contributed by atoms with van der Waals surface area (Å²) in [6, 6.07) is 6.61. The van der Waals surface area contributed by atoms with Crippen LogP contribution in [0.25, 0.3) is 11.9 Å². The first-order chi connectivity index (χ1) is 12.8. The van der Waals surface area contributed by atoms with E-state index in [0.717, 1.165) is 39.4 Å². The van der Waals surface area contributed by atoms with E-state index in [9.17, 15) is 14.4 Å². The molecule has 0 N–H and O–H groups in total. The van der Waals surface area contributed by atoms with Gasteiger partial charge < -0.3 is 9.30 Å². The van der Waals surface area contributed by atoms with Crippen molar-refractivity contribution in [2.75, 3.05) is 7.11 Å². The number of amides is 2. The molecule has 2 aromatic heterocycles. The molecule has 2 aromatic rings. The third-order valence-corrected chi connectivity index (χ3v) is 5.27. The predicted octanol–water partition coefficient (Wildman–Crippen LogP) is 3.09. The van der Waals surface area contributed by atoms with E-state index in [1.54, 1.807) is 12.3 Å². The summed E-state index contributed by atoms with van der Waals surface area (Å²) in [5, 5.41) is -0.484. The highest BCUT2D eigenvalue weighted by Crippen LogP contribution is 2.35. The number of carbonyl (C=O) groups excluding carboxylic acids is 3. The second-order valence-electron chi connectivity index (χ2n) is 6.10. The van der Waals surface area contributed by atoms with E-state index < -0.39 is 23.2 Å². The molecule has 1 saturated heterocycles. The summed E-state index contributed by atoms with van der Waals surface area (Å²) in [5.74, 6) is -0.350. The quantitative estimate of drug-likeness (QED) is 0.594. The Bertz CT molecular complexity index is 949. The Kier molecular flexibility index (Phi) is 5.18. The van der Waals surface area contributed by atoms with Gasteiger partial charge in [0, 0.05) is 17.6 Å². The van der Waals surface area contributed by atoms with Gasteiger partial charge in [-0.3, -0.25) is 14.5 Å². The highest BCUT2D eigenvalue weighted by Gasteiger charge is 2.41. The average Bonchev–Trinajstić information content (AvgIpc) is 3.09. The van der Waals surface area contributed by atoms with Crippen LogP contribution in [0.15, 0.2) is 35.4 Å². The van der Waals surface area contributed by atoms with Crippen molar-refractivity contribution < 1.29 is 19.1 Å². The maximum Gasteiger partial charge on any atom is 0.328 e. The van der Waals surface area contributed by atoms with Crippen molar-refractivity contribution in [3.63, 3.8) is 0 Å². The normalized spacial score (nSPS) is 16.9. The zero-order valence-electron chi connectivity index (χ0n) is 15.4. The molecule has 3 heterocycles. The molecule has 0 saturated carbocycles. The number of imide groups is 1. The molecule has 1 aliphatic rings. The van der Waals surface area contributed by atoms with Crippen LogP contribution < -0.4 is 0 Å². The number of hydrogen-bond donors (Lipinski definition) is 0. The molecule has 2 amide bonds. The zero-order valence-corrected chi connectivity index (χ0v) is 16.2. The van der Waals surface area contributed by atoms with Crippen LogP contribution >= 0.6 is 11.8 Å². The Labute approximate surface area is 161 Å². The lowest BCUT2D eigenvalue weighted by Crippen LogP contribution is -2.42. The van der Waals surface area contributed by atoms with Crippen LogP contribution in [-0.4, -0.2) is 44.7 Å². The predicted molar refractivity (Wildman–Crippen MR) is 102 cm³/mol. The summed E-state index contributed by atoms with van der Waals surface area (Å²) in [6.07, 6.45) is 3.39. The van der Waals surface area contributed by atoms with Crippen LogP contribution in [0.3, 0.4) is 0 Å². The van der Waals surface area contributed by atoms with Crippen molar-refractivity contribution in [3.05, 3.63) is 52.3 Å². The first kappa shape index (κ1) is 18.9. The van der Waals surface area contributed by atoms with E-state index in [1.807, 2.05) is 42.7 Å². The number of pyridine rings is 1. The van der Waals surface area contributed by atoms with Crippen LogP contribution in [0, 0.1) is 13.8 Å². The van der Waals surface area contributed by atoms with E-state index >= 15 is 0 Å². The molecular formula is C19H19N3O4S. The summed E-state index contributed by atoms with van der Waals surface area (Å²) < 4.78 is 6.62. The topological polar surface area (TPSA) is 81.5 Å². The van der Waals surface area contributed by atoms with Gasteiger partial charge in [0.1, 0.15) is 11.9 Å². The fraction of sp³-hybridized carbons (Fsp3) is 0.263. The van der Waals surface area contributed by atoms with E-state index in [1.165, 1.54) is 14.0 Å². The van der Waals surface area contributed by atoms with Gasteiger partial charge in [-0.25, -0.2) is 9.78 Å². The summed E-state index contributed by atoms with van der Waals surface area (Å²) in [7, 11) is 1.22. The monoisotopic (exact) mass is 385 g/mol. The number of ether oxygens (including phenoxy) is 1. The number of nitrogens with zero attached hydrogens (tertiary/aromatic N) is 3. The number of rotatable bonds is 4. The molecule has 1 fully saturated rings. The van der Waals surface area contributed by atoms with Gasteiger partial charge in [-0.1, -0.05) is 6.07 Å². The lowest BCUT2D eigenvalue weighted by Gasteiger charge is -2.18. The lowest BCUT2D eigenvalue weighted by molar-refractivity contribution is -0.148. The largest absolute Gasteiger partial charge is 0.467 e. The third-order valence-electron chi connectivity index (χ3n) is 4.39. The molecule has 1 aliphatic heterocycles. The summed E-state index contributed by atoms with van der Waals surface area (Å²) in [6.45, 7) is 5.34. The van der Waals surface area contributed by atoms with E-state index in [-0.39, 0.29) is 4.91 Å². The molecule has 0 unspecified atom stereocenters. The molecule has 140 valence electrons. The molecule has 0 radical (unpaired) electrons. The van der Waals surface area contributed by atoms with Crippen molar-refractivity contribution in [1.29, 1.82) is 0 Å². The zero-order chi connectivity index (χ0) is 19.7. The van der Waals surface area contributed by atoms with Gasteiger partial charge in [0.15, 0.2) is 0 Å². The minimum Gasteiger partial charge on any atom is -0.467 e. The van der Waals surface area contributed by atoms with Crippen molar-refractivity contribution in [2.24, 2.45) is 0 Å². The third kappa shape index (κ3) is 3.40.